The van der Waals surface area contributed by atoms with Crippen molar-refractivity contribution in [3.8, 4) is 0 Å². The van der Waals surface area contributed by atoms with Crippen LogP contribution < -0.4 is 4.72 Å². The maximum atomic E-state index is 12.4. The van der Waals surface area contributed by atoms with Gasteiger partial charge in [0, 0.05) is 6.20 Å². The molecule has 1 heterocycles. The van der Waals surface area contributed by atoms with Crippen molar-refractivity contribution < 1.29 is 17.9 Å². The molecule has 1 N–H and O–H groups in total. The second-order valence-electron chi connectivity index (χ2n) is 4.96. The Morgan fingerprint density at radius 1 is 1.45 bits per heavy atom. The van der Waals surface area contributed by atoms with Crippen LogP contribution in [0.5, 0.6) is 0 Å². The van der Waals surface area contributed by atoms with Crippen molar-refractivity contribution in [1.82, 2.24) is 4.98 Å². The first-order chi connectivity index (χ1) is 9.44. The molecule has 0 aliphatic heterocycles. The third kappa shape index (κ3) is 3.09. The van der Waals surface area contributed by atoms with Gasteiger partial charge in [-0.05, 0) is 37.5 Å². The number of rotatable bonds is 4. The number of ether oxygens (including phenoxy) is 1. The van der Waals surface area contributed by atoms with Gasteiger partial charge in [-0.2, -0.15) is 0 Å². The van der Waals surface area contributed by atoms with Gasteiger partial charge >= 0.3 is 5.97 Å². The van der Waals surface area contributed by atoms with E-state index in [1.807, 2.05) is 6.92 Å². The van der Waals surface area contributed by atoms with E-state index in [0.717, 1.165) is 5.56 Å². The first-order valence-corrected chi connectivity index (χ1v) is 8.01. The molecule has 20 heavy (non-hydrogen) atoms. The lowest BCUT2D eigenvalue weighted by Crippen LogP contribution is -2.35. The molecule has 2 rings (SSSR count). The highest BCUT2D eigenvalue weighted by Gasteiger charge is 2.42. The molecule has 6 nitrogen and oxygen atoms in total. The van der Waals surface area contributed by atoms with Crippen molar-refractivity contribution in [2.24, 2.45) is 5.92 Å². The van der Waals surface area contributed by atoms with Crippen LogP contribution in [0.1, 0.15) is 24.8 Å². The molecule has 0 spiro atoms. The number of aryl methyl sites for hydroxylation is 1. The van der Waals surface area contributed by atoms with Crippen LogP contribution in [0.4, 0.5) is 5.82 Å². The first kappa shape index (κ1) is 14.8. The summed E-state index contributed by atoms with van der Waals surface area (Å²) in [5.41, 5.74) is 0.911. The summed E-state index contributed by atoms with van der Waals surface area (Å²) in [5, 5.41) is -0.753. The molecule has 1 aromatic rings. The van der Waals surface area contributed by atoms with E-state index in [0.29, 0.717) is 19.3 Å². The largest absolute Gasteiger partial charge is 0.469 e. The van der Waals surface area contributed by atoms with Gasteiger partial charge < -0.3 is 4.74 Å². The molecule has 7 heteroatoms. The SMILES string of the molecule is COC(=O)C1CCCC1S(=O)(=O)Nc1cc(C)ccn1. The van der Waals surface area contributed by atoms with Crippen molar-refractivity contribution >= 4 is 21.8 Å². The van der Waals surface area contributed by atoms with E-state index >= 15 is 0 Å². The van der Waals surface area contributed by atoms with Crippen LogP contribution in [0.2, 0.25) is 0 Å². The maximum Gasteiger partial charge on any atom is 0.310 e. The van der Waals surface area contributed by atoms with Crippen molar-refractivity contribution in [1.29, 1.82) is 0 Å². The zero-order valence-electron chi connectivity index (χ0n) is 11.5. The average molecular weight is 298 g/mol. The fraction of sp³-hybridized carbons (Fsp3) is 0.538. The quantitative estimate of drug-likeness (QED) is 0.851. The van der Waals surface area contributed by atoms with Gasteiger partial charge in [0.1, 0.15) is 5.82 Å². The lowest BCUT2D eigenvalue weighted by molar-refractivity contribution is -0.145. The number of hydrogen-bond acceptors (Lipinski definition) is 5. The third-order valence-electron chi connectivity index (χ3n) is 3.52. The van der Waals surface area contributed by atoms with Crippen molar-refractivity contribution in [2.75, 3.05) is 11.8 Å². The molecule has 0 aromatic carbocycles. The number of pyridine rings is 1. The number of methoxy groups -OCH3 is 1. The molecule has 110 valence electrons. The lowest BCUT2D eigenvalue weighted by Gasteiger charge is -2.18. The molecule has 1 fully saturated rings. The van der Waals surface area contributed by atoms with Gasteiger partial charge in [0.15, 0.2) is 0 Å². The van der Waals surface area contributed by atoms with Crippen LogP contribution in [0.3, 0.4) is 0 Å². The summed E-state index contributed by atoms with van der Waals surface area (Å²) >= 11 is 0. The highest BCUT2D eigenvalue weighted by Crippen LogP contribution is 2.32. The Hall–Kier alpha value is -1.63. The number of nitrogens with one attached hydrogen (secondary N) is 1. The molecule has 2 unspecified atom stereocenters. The minimum absolute atomic E-state index is 0.278. The fourth-order valence-electron chi connectivity index (χ4n) is 2.53. The average Bonchev–Trinajstić information content (AvgIpc) is 2.87. The van der Waals surface area contributed by atoms with Crippen LogP contribution in [-0.4, -0.2) is 31.7 Å². The van der Waals surface area contributed by atoms with E-state index in [2.05, 4.69) is 14.4 Å². The number of nitrogens with zero attached hydrogens (tertiary/aromatic N) is 1. The van der Waals surface area contributed by atoms with E-state index < -0.39 is 27.2 Å². The van der Waals surface area contributed by atoms with E-state index in [1.165, 1.54) is 7.11 Å². The molecule has 1 saturated carbocycles. The minimum atomic E-state index is -3.65. The van der Waals surface area contributed by atoms with Gasteiger partial charge in [0.25, 0.3) is 0 Å². The highest BCUT2D eigenvalue weighted by molar-refractivity contribution is 7.93. The number of carbonyl (C=O) groups is 1. The number of anilines is 1. The Labute approximate surface area is 118 Å². The van der Waals surface area contributed by atoms with Gasteiger partial charge in [0.2, 0.25) is 10.0 Å². The van der Waals surface area contributed by atoms with Gasteiger partial charge in [-0.15, -0.1) is 0 Å². The first-order valence-electron chi connectivity index (χ1n) is 6.46. The Morgan fingerprint density at radius 2 is 2.20 bits per heavy atom. The van der Waals surface area contributed by atoms with E-state index in [4.69, 9.17) is 0 Å². The van der Waals surface area contributed by atoms with Gasteiger partial charge in [-0.25, -0.2) is 13.4 Å². The maximum absolute atomic E-state index is 12.4. The minimum Gasteiger partial charge on any atom is -0.469 e. The second-order valence-corrected chi connectivity index (χ2v) is 6.86. The van der Waals surface area contributed by atoms with Crippen molar-refractivity contribution in [3.05, 3.63) is 23.9 Å². The summed E-state index contributed by atoms with van der Waals surface area (Å²) in [6, 6.07) is 3.43. The summed E-state index contributed by atoms with van der Waals surface area (Å²) in [7, 11) is -2.37. The number of carbonyl (C=O) groups excluding carboxylic acids is 1. The van der Waals surface area contributed by atoms with Crippen LogP contribution in [0, 0.1) is 12.8 Å². The molecule has 2 atom stereocenters. The van der Waals surface area contributed by atoms with E-state index in [9.17, 15) is 13.2 Å². The predicted octanol–water partition coefficient (Wildman–Crippen LogP) is 1.47. The second kappa shape index (κ2) is 5.78. The molecule has 1 aliphatic rings. The molecule has 1 aliphatic carbocycles. The predicted molar refractivity (Wildman–Crippen MR) is 74.7 cm³/mol. The standard InChI is InChI=1S/C13H18N2O4S/c1-9-6-7-14-12(8-9)15-20(17,18)11-5-3-4-10(11)13(16)19-2/h6-8,10-11H,3-5H2,1-2H3,(H,14,15). The van der Waals surface area contributed by atoms with Crippen LogP contribution in [0.15, 0.2) is 18.3 Å². The molecule has 1 aromatic heterocycles. The lowest BCUT2D eigenvalue weighted by atomic mass is 10.1. The summed E-state index contributed by atoms with van der Waals surface area (Å²) in [4.78, 5) is 15.6. The topological polar surface area (TPSA) is 85.4 Å². The zero-order valence-corrected chi connectivity index (χ0v) is 12.3. The van der Waals surface area contributed by atoms with Crippen LogP contribution in [0.25, 0.3) is 0 Å². The molecule has 0 amide bonds. The molecular formula is C13H18N2O4S. The van der Waals surface area contributed by atoms with Gasteiger partial charge in [-0.1, -0.05) is 6.42 Å². The molecular weight excluding hydrogens is 280 g/mol. The zero-order chi connectivity index (χ0) is 14.8. The Kier molecular flexibility index (Phi) is 4.27. The Balaban J connectivity index is 2.19. The molecule has 0 radical (unpaired) electrons. The molecule has 0 bridgehead atoms. The smallest absolute Gasteiger partial charge is 0.310 e. The van der Waals surface area contributed by atoms with Crippen molar-refractivity contribution in [2.45, 2.75) is 31.4 Å². The fourth-order valence-corrected chi connectivity index (χ4v) is 4.24. The monoisotopic (exact) mass is 298 g/mol. The molecule has 0 saturated heterocycles. The summed E-state index contributed by atoms with van der Waals surface area (Å²) < 4.78 is 31.9. The Morgan fingerprint density at radius 3 is 2.85 bits per heavy atom. The van der Waals surface area contributed by atoms with Gasteiger partial charge in [-0.3, -0.25) is 9.52 Å². The third-order valence-corrected chi connectivity index (χ3v) is 5.37. The van der Waals surface area contributed by atoms with Gasteiger partial charge in [0.05, 0.1) is 18.3 Å². The number of esters is 1. The number of hydrogen-bond donors (Lipinski definition) is 1. The number of aromatic nitrogens is 1. The van der Waals surface area contributed by atoms with Crippen molar-refractivity contribution in [3.63, 3.8) is 0 Å². The summed E-state index contributed by atoms with van der Waals surface area (Å²) in [6.07, 6.45) is 3.24. The van der Waals surface area contributed by atoms with E-state index in [-0.39, 0.29) is 5.82 Å². The summed E-state index contributed by atoms with van der Waals surface area (Å²) in [5.74, 6) is -0.780. The number of sulfonamides is 1. The van der Waals surface area contributed by atoms with Crippen LogP contribution >= 0.6 is 0 Å². The Bertz CT molecular complexity index is 600. The summed E-state index contributed by atoms with van der Waals surface area (Å²) in [6.45, 7) is 1.85. The highest BCUT2D eigenvalue weighted by atomic mass is 32.2. The van der Waals surface area contributed by atoms with Crippen LogP contribution in [-0.2, 0) is 19.6 Å². The van der Waals surface area contributed by atoms with E-state index in [1.54, 1.807) is 18.3 Å². The normalized spacial score (nSPS) is 22.5.